The van der Waals surface area contributed by atoms with Crippen LogP contribution in [0.25, 0.3) is 0 Å². The topological polar surface area (TPSA) is 93.5 Å². The number of aryl methyl sites for hydroxylation is 1. The van der Waals surface area contributed by atoms with Gasteiger partial charge in [0.05, 0.1) is 13.2 Å². The summed E-state index contributed by atoms with van der Waals surface area (Å²) in [5.74, 6) is -1.86. The van der Waals surface area contributed by atoms with Gasteiger partial charge in [-0.15, -0.1) is 0 Å². The molecule has 4 rings (SSSR count). The highest BCUT2D eigenvalue weighted by Gasteiger charge is 2.50. The van der Waals surface area contributed by atoms with Crippen LogP contribution in [0.2, 0.25) is 0 Å². The third-order valence-electron chi connectivity index (χ3n) is 6.22. The number of hydrogen-bond acceptors (Lipinski definition) is 5. The van der Waals surface area contributed by atoms with Gasteiger partial charge in [-0.1, -0.05) is 12.8 Å². The molecule has 1 aromatic heterocycles. The summed E-state index contributed by atoms with van der Waals surface area (Å²) < 4.78 is 20.2. The first-order chi connectivity index (χ1) is 15.2. The lowest BCUT2D eigenvalue weighted by molar-refractivity contribution is -0.127. The first-order valence-corrected chi connectivity index (χ1v) is 10.9. The zero-order valence-corrected chi connectivity index (χ0v) is 18.5. The Bertz CT molecular complexity index is 1080. The van der Waals surface area contributed by atoms with E-state index in [2.05, 4.69) is 10.4 Å². The van der Waals surface area contributed by atoms with E-state index < -0.39 is 23.2 Å². The fourth-order valence-corrected chi connectivity index (χ4v) is 4.54. The Labute approximate surface area is 185 Å². The van der Waals surface area contributed by atoms with Crippen molar-refractivity contribution in [1.29, 1.82) is 0 Å². The molecule has 1 atom stereocenters. The molecule has 0 saturated heterocycles. The first-order valence-electron chi connectivity index (χ1n) is 10.9. The van der Waals surface area contributed by atoms with E-state index in [1.54, 1.807) is 20.8 Å². The van der Waals surface area contributed by atoms with E-state index in [0.717, 1.165) is 25.7 Å². The predicted molar refractivity (Wildman–Crippen MR) is 115 cm³/mol. The number of aromatic nitrogens is 2. The predicted octanol–water partition coefficient (Wildman–Crippen LogP) is 2.99. The summed E-state index contributed by atoms with van der Waals surface area (Å²) in [5.41, 5.74) is -0.190. The second-order valence-electron chi connectivity index (χ2n) is 8.59. The van der Waals surface area contributed by atoms with Crippen LogP contribution in [0.5, 0.6) is 0 Å². The molecule has 1 aromatic carbocycles. The van der Waals surface area contributed by atoms with Crippen LogP contribution in [-0.2, 0) is 16.1 Å². The van der Waals surface area contributed by atoms with Crippen LogP contribution in [0.1, 0.15) is 66.1 Å². The number of rotatable bonds is 5. The van der Waals surface area contributed by atoms with Gasteiger partial charge in [0.25, 0.3) is 5.91 Å². The monoisotopic (exact) mass is 442 g/mol. The molecule has 0 radical (unpaired) electrons. The van der Waals surface area contributed by atoms with Crippen molar-refractivity contribution in [3.05, 3.63) is 47.0 Å². The van der Waals surface area contributed by atoms with Crippen LogP contribution in [0, 0.1) is 12.7 Å². The summed E-state index contributed by atoms with van der Waals surface area (Å²) in [5, 5.41) is 7.33. The van der Waals surface area contributed by atoms with E-state index in [9.17, 15) is 18.8 Å². The van der Waals surface area contributed by atoms with Crippen LogP contribution in [-0.4, -0.2) is 45.8 Å². The van der Waals surface area contributed by atoms with Crippen molar-refractivity contribution in [3.63, 3.8) is 0 Å². The molecular formula is C23H27FN4O4. The molecule has 1 aliphatic heterocycles. The molecule has 170 valence electrons. The Kier molecular flexibility index (Phi) is 5.75. The molecular weight excluding hydrogens is 415 g/mol. The number of carbonyl (C=O) groups is 3. The highest BCUT2D eigenvalue weighted by Crippen LogP contribution is 2.35. The van der Waals surface area contributed by atoms with E-state index in [1.807, 2.05) is 0 Å². The van der Waals surface area contributed by atoms with Crippen LogP contribution >= 0.6 is 0 Å². The lowest BCUT2D eigenvalue weighted by Crippen LogP contribution is -2.65. The number of nitrogens with one attached hydrogen (secondary N) is 1. The Balaban J connectivity index is 1.79. The van der Waals surface area contributed by atoms with Gasteiger partial charge in [-0.3, -0.25) is 19.2 Å². The average molecular weight is 442 g/mol. The molecule has 1 saturated carbocycles. The number of esters is 1. The van der Waals surface area contributed by atoms with E-state index in [4.69, 9.17) is 4.74 Å². The molecule has 0 bridgehead atoms. The van der Waals surface area contributed by atoms with Gasteiger partial charge in [-0.2, -0.15) is 5.10 Å². The smallest absolute Gasteiger partial charge is 0.358 e. The van der Waals surface area contributed by atoms with Crippen molar-refractivity contribution in [2.24, 2.45) is 0 Å². The van der Waals surface area contributed by atoms with Crippen LogP contribution in [0.4, 0.5) is 10.1 Å². The maximum absolute atomic E-state index is 13.8. The highest BCUT2D eigenvalue weighted by molar-refractivity contribution is 6.12. The molecule has 8 nitrogen and oxygen atoms in total. The van der Waals surface area contributed by atoms with Gasteiger partial charge in [0, 0.05) is 17.8 Å². The van der Waals surface area contributed by atoms with Crippen LogP contribution in [0.3, 0.4) is 0 Å². The van der Waals surface area contributed by atoms with Crippen LogP contribution in [0.15, 0.2) is 24.3 Å². The van der Waals surface area contributed by atoms with Crippen molar-refractivity contribution in [2.45, 2.75) is 64.6 Å². The zero-order valence-electron chi connectivity index (χ0n) is 18.5. The molecule has 2 heterocycles. The number of nitrogens with zero attached hydrogens (tertiary/aromatic N) is 3. The Morgan fingerprint density at radius 1 is 1.28 bits per heavy atom. The number of hydrogen-bond donors (Lipinski definition) is 1. The lowest BCUT2D eigenvalue weighted by atomic mass is 9.92. The third-order valence-corrected chi connectivity index (χ3v) is 6.22. The number of halogens is 1. The summed E-state index contributed by atoms with van der Waals surface area (Å²) in [6, 6.07) is 5.52. The van der Waals surface area contributed by atoms with E-state index >= 15 is 0 Å². The summed E-state index contributed by atoms with van der Waals surface area (Å²) in [6.07, 6.45) is 3.89. The zero-order chi connectivity index (χ0) is 23.0. The average Bonchev–Trinajstić information content (AvgIpc) is 3.39. The largest absolute Gasteiger partial charge is 0.461 e. The van der Waals surface area contributed by atoms with Crippen LogP contribution < -0.4 is 10.2 Å². The van der Waals surface area contributed by atoms with Crippen molar-refractivity contribution in [1.82, 2.24) is 15.1 Å². The van der Waals surface area contributed by atoms with Crippen molar-refractivity contribution in [3.8, 4) is 0 Å². The maximum atomic E-state index is 13.8. The second kappa shape index (κ2) is 8.37. The molecule has 2 aliphatic rings. The van der Waals surface area contributed by atoms with Gasteiger partial charge in [-0.05, 0) is 57.4 Å². The Morgan fingerprint density at radius 2 is 2.00 bits per heavy atom. The van der Waals surface area contributed by atoms with Gasteiger partial charge < -0.3 is 10.1 Å². The molecule has 1 N–H and O–H groups in total. The lowest BCUT2D eigenvalue weighted by Gasteiger charge is -2.44. The normalized spacial score (nSPS) is 20.9. The minimum atomic E-state index is -1.33. The van der Waals surface area contributed by atoms with Gasteiger partial charge >= 0.3 is 5.97 Å². The highest BCUT2D eigenvalue weighted by atomic mass is 19.1. The molecule has 0 spiro atoms. The van der Waals surface area contributed by atoms with Gasteiger partial charge in [0.2, 0.25) is 5.91 Å². The molecule has 1 fully saturated rings. The SMILES string of the molecule is CCOC(=O)c1cc2n(n1)C[C@@](C)(C(=O)NC1CCCC1)N(c1ccc(F)cc1C)C2=O. The van der Waals surface area contributed by atoms with Gasteiger partial charge in [0.15, 0.2) is 5.69 Å². The van der Waals surface area contributed by atoms with Crippen molar-refractivity contribution in [2.75, 3.05) is 11.5 Å². The molecule has 32 heavy (non-hydrogen) atoms. The summed E-state index contributed by atoms with van der Waals surface area (Å²) in [7, 11) is 0. The Morgan fingerprint density at radius 3 is 2.66 bits per heavy atom. The maximum Gasteiger partial charge on any atom is 0.358 e. The summed E-state index contributed by atoms with van der Waals surface area (Å²) in [6.45, 7) is 5.27. The van der Waals surface area contributed by atoms with E-state index in [1.165, 1.54) is 33.8 Å². The standard InChI is InChI=1S/C23H27FN4O4/c1-4-32-21(30)17-12-19-20(29)28(18-10-9-15(24)11-14(18)2)23(3,13-27(19)26-17)22(31)25-16-7-5-6-8-16/h9-12,16H,4-8,13H2,1-3H3,(H,25,31)/t23-/m0/s1. The number of amides is 2. The van der Waals surface area contributed by atoms with Crippen molar-refractivity contribution >= 4 is 23.5 Å². The third kappa shape index (κ3) is 3.76. The van der Waals surface area contributed by atoms with Gasteiger partial charge in [0.1, 0.15) is 17.1 Å². The number of ether oxygens (including phenoxy) is 1. The minimum absolute atomic E-state index is 0.00595. The molecule has 9 heteroatoms. The van der Waals surface area contributed by atoms with Gasteiger partial charge in [-0.25, -0.2) is 9.18 Å². The summed E-state index contributed by atoms with van der Waals surface area (Å²) >= 11 is 0. The van der Waals surface area contributed by atoms with Crippen molar-refractivity contribution < 1.29 is 23.5 Å². The van der Waals surface area contributed by atoms with E-state index in [0.29, 0.717) is 11.3 Å². The Hall–Kier alpha value is -3.23. The second-order valence-corrected chi connectivity index (χ2v) is 8.59. The number of benzene rings is 1. The molecule has 0 unspecified atom stereocenters. The molecule has 1 aliphatic carbocycles. The minimum Gasteiger partial charge on any atom is -0.461 e. The first kappa shape index (κ1) is 22.0. The molecule has 2 amide bonds. The quantitative estimate of drug-likeness (QED) is 0.719. The fourth-order valence-electron chi connectivity index (χ4n) is 4.54. The fraction of sp³-hybridized carbons (Fsp3) is 0.478. The molecule has 2 aromatic rings. The number of carbonyl (C=O) groups excluding carboxylic acids is 3. The number of fused-ring (bicyclic) bond motifs is 1. The summed E-state index contributed by atoms with van der Waals surface area (Å²) in [4.78, 5) is 40.8. The van der Waals surface area contributed by atoms with E-state index in [-0.39, 0.29) is 36.5 Å². The number of anilines is 1.